The van der Waals surface area contributed by atoms with Crippen molar-refractivity contribution in [3.05, 3.63) is 82.4 Å². The van der Waals surface area contributed by atoms with Crippen LogP contribution in [0.3, 0.4) is 0 Å². The van der Waals surface area contributed by atoms with Crippen molar-refractivity contribution in [2.75, 3.05) is 16.2 Å². The molecule has 3 aromatic rings. The van der Waals surface area contributed by atoms with E-state index in [1.807, 2.05) is 0 Å². The minimum absolute atomic E-state index is 0.0523. The van der Waals surface area contributed by atoms with Crippen LogP contribution < -0.4 is 9.62 Å². The van der Waals surface area contributed by atoms with Crippen LogP contribution in [-0.2, 0) is 22.6 Å². The van der Waals surface area contributed by atoms with Crippen molar-refractivity contribution in [1.29, 1.82) is 0 Å². The summed E-state index contributed by atoms with van der Waals surface area (Å²) in [5.74, 6) is -2.68. The van der Waals surface area contributed by atoms with Gasteiger partial charge in [0.25, 0.3) is 15.9 Å². The number of carbonyl (C=O) groups is 1. The molecule has 1 aliphatic heterocycles. The quantitative estimate of drug-likeness (QED) is 0.481. The van der Waals surface area contributed by atoms with E-state index in [2.05, 4.69) is 10.3 Å². The maximum absolute atomic E-state index is 14.2. The average Bonchev–Trinajstić information content (AvgIpc) is 2.77. The van der Waals surface area contributed by atoms with Crippen molar-refractivity contribution < 1.29 is 30.8 Å². The van der Waals surface area contributed by atoms with E-state index in [0.29, 0.717) is 24.6 Å². The molecule has 1 N–H and O–H groups in total. The lowest BCUT2D eigenvalue weighted by Crippen LogP contribution is -2.36. The van der Waals surface area contributed by atoms with Gasteiger partial charge in [-0.1, -0.05) is 23.7 Å². The molecule has 2 aromatic carbocycles. The van der Waals surface area contributed by atoms with Gasteiger partial charge >= 0.3 is 6.18 Å². The Balaban J connectivity index is 1.70. The van der Waals surface area contributed by atoms with Crippen molar-refractivity contribution in [1.82, 2.24) is 4.98 Å². The zero-order valence-corrected chi connectivity index (χ0v) is 18.8. The number of hydrogen-bond donors (Lipinski definition) is 1. The van der Waals surface area contributed by atoms with E-state index in [0.717, 1.165) is 16.4 Å². The molecule has 178 valence electrons. The predicted molar refractivity (Wildman–Crippen MR) is 118 cm³/mol. The summed E-state index contributed by atoms with van der Waals surface area (Å²) >= 11 is 5.93. The van der Waals surface area contributed by atoms with Gasteiger partial charge in [-0.15, -0.1) is 0 Å². The van der Waals surface area contributed by atoms with Crippen LogP contribution in [0, 0.1) is 5.82 Å². The number of aromatic nitrogens is 1. The molecule has 0 atom stereocenters. The largest absolute Gasteiger partial charge is 0.417 e. The number of rotatable bonds is 4. The summed E-state index contributed by atoms with van der Waals surface area (Å²) in [4.78, 5) is 16.7. The van der Waals surface area contributed by atoms with Crippen LogP contribution in [0.5, 0.6) is 0 Å². The van der Waals surface area contributed by atoms with Crippen molar-refractivity contribution in [3.8, 4) is 0 Å². The number of alkyl halides is 3. The molecule has 34 heavy (non-hydrogen) atoms. The summed E-state index contributed by atoms with van der Waals surface area (Å²) in [6.45, 7) is 0.118. The normalized spacial score (nSPS) is 14.0. The van der Waals surface area contributed by atoms with E-state index in [1.54, 1.807) is 0 Å². The second-order valence-corrected chi connectivity index (χ2v) is 9.74. The van der Waals surface area contributed by atoms with Gasteiger partial charge in [-0.25, -0.2) is 12.8 Å². The Morgan fingerprint density at radius 3 is 2.56 bits per heavy atom. The Hall–Kier alpha value is -3.18. The topological polar surface area (TPSA) is 79.4 Å². The highest BCUT2D eigenvalue weighted by Gasteiger charge is 2.37. The van der Waals surface area contributed by atoms with Crippen molar-refractivity contribution in [2.45, 2.75) is 23.9 Å². The number of amides is 1. The van der Waals surface area contributed by atoms with Gasteiger partial charge in [-0.05, 0) is 49.2 Å². The number of halogens is 5. The molecule has 2 heterocycles. The SMILES string of the molecule is O=C(Nc1cnc2c(c1)N(S(=O)(=O)c1cccc(Cl)c1)CCC2)c1c(F)cccc1C(F)(F)F. The Kier molecular flexibility index (Phi) is 6.26. The van der Waals surface area contributed by atoms with E-state index in [4.69, 9.17) is 11.6 Å². The fourth-order valence-corrected chi connectivity index (χ4v) is 5.48. The lowest BCUT2D eigenvalue weighted by atomic mass is 10.1. The molecular weight excluding hydrogens is 498 g/mol. The van der Waals surface area contributed by atoms with Crippen molar-refractivity contribution in [3.63, 3.8) is 0 Å². The second kappa shape index (κ2) is 8.88. The fourth-order valence-electron chi connectivity index (χ4n) is 3.66. The summed E-state index contributed by atoms with van der Waals surface area (Å²) in [7, 11) is -4.04. The summed E-state index contributed by atoms with van der Waals surface area (Å²) in [6, 6.07) is 9.17. The maximum atomic E-state index is 14.2. The van der Waals surface area contributed by atoms with E-state index in [-0.39, 0.29) is 27.8 Å². The molecule has 1 aromatic heterocycles. The number of fused-ring (bicyclic) bond motifs is 1. The second-order valence-electron chi connectivity index (χ2n) is 7.44. The summed E-state index contributed by atoms with van der Waals surface area (Å²) in [6.07, 6.45) is -2.84. The average molecular weight is 514 g/mol. The van der Waals surface area contributed by atoms with Crippen LogP contribution in [0.15, 0.2) is 59.6 Å². The Bertz CT molecular complexity index is 1380. The first-order valence-electron chi connectivity index (χ1n) is 9.93. The van der Waals surface area contributed by atoms with Crippen molar-refractivity contribution >= 4 is 38.9 Å². The van der Waals surface area contributed by atoms with Crippen LogP contribution in [0.4, 0.5) is 28.9 Å². The van der Waals surface area contributed by atoms with E-state index in [9.17, 15) is 30.8 Å². The molecule has 6 nitrogen and oxygen atoms in total. The highest BCUT2D eigenvalue weighted by atomic mass is 35.5. The number of nitrogens with one attached hydrogen (secondary N) is 1. The van der Waals surface area contributed by atoms with Gasteiger partial charge in [0.1, 0.15) is 5.82 Å². The number of carbonyl (C=O) groups excluding carboxylic acids is 1. The molecule has 0 radical (unpaired) electrons. The number of benzene rings is 2. The number of hydrogen-bond acceptors (Lipinski definition) is 4. The smallest absolute Gasteiger partial charge is 0.320 e. The van der Waals surface area contributed by atoms with Gasteiger partial charge in [0.2, 0.25) is 0 Å². The van der Waals surface area contributed by atoms with Gasteiger partial charge in [-0.3, -0.25) is 14.1 Å². The van der Waals surface area contributed by atoms with Crippen LogP contribution >= 0.6 is 11.6 Å². The summed E-state index contributed by atoms with van der Waals surface area (Å²) in [5, 5.41) is 2.42. The molecule has 1 aliphatic rings. The maximum Gasteiger partial charge on any atom is 0.417 e. The third kappa shape index (κ3) is 4.58. The number of aryl methyl sites for hydroxylation is 1. The third-order valence-corrected chi connectivity index (χ3v) is 7.22. The zero-order chi connectivity index (χ0) is 24.7. The summed E-state index contributed by atoms with van der Waals surface area (Å²) < 4.78 is 81.6. The first kappa shape index (κ1) is 24.0. The number of sulfonamides is 1. The molecule has 0 saturated carbocycles. The molecule has 1 amide bonds. The molecule has 0 fully saturated rings. The number of anilines is 2. The van der Waals surface area contributed by atoms with Gasteiger partial charge in [-0.2, -0.15) is 13.2 Å². The monoisotopic (exact) mass is 513 g/mol. The highest BCUT2D eigenvalue weighted by Crippen LogP contribution is 2.35. The first-order chi connectivity index (χ1) is 16.0. The van der Waals surface area contributed by atoms with Crippen LogP contribution in [0.2, 0.25) is 5.02 Å². The lowest BCUT2D eigenvalue weighted by Gasteiger charge is -2.30. The highest BCUT2D eigenvalue weighted by molar-refractivity contribution is 7.92. The summed E-state index contributed by atoms with van der Waals surface area (Å²) in [5.41, 5.74) is -2.10. The Labute approximate surface area is 197 Å². The molecular formula is C22H16ClF4N3O3S. The van der Waals surface area contributed by atoms with Crippen LogP contribution in [0.25, 0.3) is 0 Å². The van der Waals surface area contributed by atoms with E-state index in [1.165, 1.54) is 36.5 Å². The first-order valence-corrected chi connectivity index (χ1v) is 11.7. The van der Waals surface area contributed by atoms with Gasteiger partial charge < -0.3 is 5.32 Å². The third-order valence-electron chi connectivity index (χ3n) is 5.18. The number of pyridine rings is 1. The van der Waals surface area contributed by atoms with E-state index >= 15 is 0 Å². The van der Waals surface area contributed by atoms with Gasteiger partial charge in [0.05, 0.1) is 39.3 Å². The Morgan fingerprint density at radius 2 is 1.85 bits per heavy atom. The van der Waals surface area contributed by atoms with Crippen LogP contribution in [-0.4, -0.2) is 25.9 Å². The minimum atomic E-state index is -4.95. The minimum Gasteiger partial charge on any atom is -0.320 e. The predicted octanol–water partition coefficient (Wildman–Crippen LogP) is 5.29. The lowest BCUT2D eigenvalue weighted by molar-refractivity contribution is -0.138. The van der Waals surface area contributed by atoms with Crippen molar-refractivity contribution in [2.24, 2.45) is 0 Å². The zero-order valence-electron chi connectivity index (χ0n) is 17.2. The standard InChI is InChI=1S/C22H16ClF4N3O3S/c23-13-4-1-5-15(10-13)34(32,33)30-9-3-8-18-19(30)11-14(12-28-18)29-21(31)20-16(22(25,26)27)6-2-7-17(20)24/h1-2,4-7,10-12H,3,8-9H2,(H,29,31). The van der Waals surface area contributed by atoms with Crippen LogP contribution in [0.1, 0.15) is 28.0 Å². The Morgan fingerprint density at radius 1 is 1.12 bits per heavy atom. The molecule has 0 aliphatic carbocycles. The van der Waals surface area contributed by atoms with Gasteiger partial charge in [0, 0.05) is 11.6 Å². The molecule has 12 heteroatoms. The van der Waals surface area contributed by atoms with E-state index < -0.39 is 39.1 Å². The molecule has 4 rings (SSSR count). The molecule has 0 unspecified atom stereocenters. The molecule has 0 spiro atoms. The molecule has 0 saturated heterocycles. The number of nitrogens with zero attached hydrogens (tertiary/aromatic N) is 2. The molecule has 0 bridgehead atoms. The fraction of sp³-hybridized carbons (Fsp3) is 0.182. The van der Waals surface area contributed by atoms with Gasteiger partial charge in [0.15, 0.2) is 0 Å².